The van der Waals surface area contributed by atoms with Gasteiger partial charge in [0.1, 0.15) is 11.9 Å². The lowest BCUT2D eigenvalue weighted by Gasteiger charge is -2.22. The number of urea groups is 1. The molecule has 1 saturated heterocycles. The van der Waals surface area contributed by atoms with Gasteiger partial charge in [0.05, 0.1) is 21.8 Å². The molecule has 1 fully saturated rings. The normalized spacial score (nSPS) is 17.4. The molecular formula is C17H12Cl2F4N4O2. The number of benzene rings is 1. The van der Waals surface area contributed by atoms with Crippen molar-refractivity contribution in [3.8, 4) is 0 Å². The first-order valence-electron chi connectivity index (χ1n) is 8.09. The average molecular weight is 451 g/mol. The first-order valence-corrected chi connectivity index (χ1v) is 8.85. The first kappa shape index (κ1) is 21.1. The van der Waals surface area contributed by atoms with E-state index in [9.17, 15) is 27.2 Å². The van der Waals surface area contributed by atoms with Crippen molar-refractivity contribution >= 4 is 35.1 Å². The fourth-order valence-electron chi connectivity index (χ4n) is 2.69. The molecule has 2 aromatic rings. The molecule has 0 radical (unpaired) electrons. The zero-order valence-electron chi connectivity index (χ0n) is 14.3. The summed E-state index contributed by atoms with van der Waals surface area (Å²) in [4.78, 5) is 27.3. The van der Waals surface area contributed by atoms with Crippen molar-refractivity contribution in [1.82, 2.24) is 20.9 Å². The third-order valence-corrected chi connectivity index (χ3v) is 4.68. The Labute approximate surface area is 171 Å². The first-order chi connectivity index (χ1) is 13.6. The van der Waals surface area contributed by atoms with Crippen molar-refractivity contribution in [2.45, 2.75) is 18.3 Å². The van der Waals surface area contributed by atoms with E-state index in [2.05, 4.69) is 20.9 Å². The minimum absolute atomic E-state index is 0.0105. The molecular weight excluding hydrogens is 439 g/mol. The number of hydrogen-bond acceptors (Lipinski definition) is 3. The Kier molecular flexibility index (Phi) is 5.85. The Morgan fingerprint density at radius 1 is 1.21 bits per heavy atom. The molecule has 0 aliphatic carbocycles. The maximum atomic E-state index is 13.5. The molecule has 3 amide bonds. The molecule has 0 bridgehead atoms. The number of pyridine rings is 1. The monoisotopic (exact) mass is 450 g/mol. The number of aromatic nitrogens is 1. The number of amides is 3. The Balaban J connectivity index is 2.02. The van der Waals surface area contributed by atoms with Gasteiger partial charge in [-0.15, -0.1) is 0 Å². The van der Waals surface area contributed by atoms with Crippen LogP contribution in [0.3, 0.4) is 0 Å². The summed E-state index contributed by atoms with van der Waals surface area (Å²) in [5.41, 5.74) is -1.35. The molecule has 1 aliphatic heterocycles. The highest BCUT2D eigenvalue weighted by molar-refractivity contribution is 6.31. The van der Waals surface area contributed by atoms with Gasteiger partial charge < -0.3 is 16.0 Å². The van der Waals surface area contributed by atoms with Crippen LogP contribution in [0.1, 0.15) is 23.0 Å². The van der Waals surface area contributed by atoms with Crippen molar-refractivity contribution in [2.75, 3.05) is 6.54 Å². The summed E-state index contributed by atoms with van der Waals surface area (Å²) >= 11 is 11.4. The Bertz CT molecular complexity index is 971. The lowest BCUT2D eigenvalue weighted by molar-refractivity contribution is -0.141. The van der Waals surface area contributed by atoms with Gasteiger partial charge in [0.2, 0.25) is 5.91 Å². The fraction of sp³-hybridized carbons (Fsp3) is 0.235. The third-order valence-electron chi connectivity index (χ3n) is 4.08. The predicted octanol–water partition coefficient (Wildman–Crippen LogP) is 3.43. The summed E-state index contributed by atoms with van der Waals surface area (Å²) in [5, 5.41) is 6.36. The van der Waals surface area contributed by atoms with E-state index in [-0.39, 0.29) is 22.8 Å². The number of nitrogens with one attached hydrogen (secondary N) is 3. The van der Waals surface area contributed by atoms with Crippen LogP contribution in [0.5, 0.6) is 0 Å². The smallest absolute Gasteiger partial charge is 0.342 e. The number of rotatable bonds is 4. The van der Waals surface area contributed by atoms with Crippen molar-refractivity contribution in [3.05, 3.63) is 63.1 Å². The van der Waals surface area contributed by atoms with Gasteiger partial charge in [-0.25, -0.2) is 14.2 Å². The van der Waals surface area contributed by atoms with E-state index in [0.717, 1.165) is 18.2 Å². The van der Waals surface area contributed by atoms with E-state index in [1.807, 2.05) is 0 Å². The van der Waals surface area contributed by atoms with Crippen LogP contribution in [0, 0.1) is 5.82 Å². The topological polar surface area (TPSA) is 83.1 Å². The molecule has 3 rings (SSSR count). The lowest BCUT2D eigenvalue weighted by atomic mass is 10.0. The molecule has 0 spiro atoms. The molecule has 3 N–H and O–H groups in total. The van der Waals surface area contributed by atoms with E-state index in [4.69, 9.17) is 23.2 Å². The van der Waals surface area contributed by atoms with Gasteiger partial charge in [0.15, 0.2) is 5.69 Å². The predicted molar refractivity (Wildman–Crippen MR) is 96.0 cm³/mol. The Hall–Kier alpha value is -2.59. The number of hydrogen-bond donors (Lipinski definition) is 3. The summed E-state index contributed by atoms with van der Waals surface area (Å²) in [6, 6.07) is 2.90. The van der Waals surface area contributed by atoms with Crippen LogP contribution in [-0.2, 0) is 11.0 Å². The van der Waals surface area contributed by atoms with E-state index >= 15 is 0 Å². The summed E-state index contributed by atoms with van der Waals surface area (Å²) in [6.45, 7) is -0.0105. The average Bonchev–Trinajstić information content (AvgIpc) is 3.08. The van der Waals surface area contributed by atoms with Gasteiger partial charge in [-0.3, -0.25) is 4.79 Å². The number of alkyl halides is 3. The molecule has 0 saturated carbocycles. The van der Waals surface area contributed by atoms with E-state index in [1.54, 1.807) is 0 Å². The number of carbonyl (C=O) groups excluding carboxylic acids is 2. The van der Waals surface area contributed by atoms with Crippen LogP contribution >= 0.6 is 23.2 Å². The molecule has 29 heavy (non-hydrogen) atoms. The second kappa shape index (κ2) is 8.03. The summed E-state index contributed by atoms with van der Waals surface area (Å²) in [6.07, 6.45) is -4.83. The molecule has 154 valence electrons. The van der Waals surface area contributed by atoms with E-state index in [0.29, 0.717) is 0 Å². The maximum Gasteiger partial charge on any atom is 0.434 e. The van der Waals surface area contributed by atoms with Crippen molar-refractivity contribution in [2.24, 2.45) is 0 Å². The van der Waals surface area contributed by atoms with Crippen LogP contribution in [0.4, 0.5) is 22.4 Å². The van der Waals surface area contributed by atoms with Gasteiger partial charge in [-0.05, 0) is 29.8 Å². The molecule has 6 nitrogen and oxygen atoms in total. The molecule has 2 atom stereocenters. The summed E-state index contributed by atoms with van der Waals surface area (Å²) in [5.74, 6) is -1.42. The van der Waals surface area contributed by atoms with Gasteiger partial charge in [-0.1, -0.05) is 29.3 Å². The van der Waals surface area contributed by atoms with Crippen LogP contribution in [0.2, 0.25) is 10.0 Å². The van der Waals surface area contributed by atoms with Gasteiger partial charge in [0.25, 0.3) is 0 Å². The zero-order chi connectivity index (χ0) is 21.3. The van der Waals surface area contributed by atoms with Crippen LogP contribution in [0.15, 0.2) is 30.3 Å². The summed E-state index contributed by atoms with van der Waals surface area (Å²) < 4.78 is 53.1. The minimum Gasteiger partial charge on any atom is -0.342 e. The number of nitrogens with zero attached hydrogens (tertiary/aromatic N) is 1. The third kappa shape index (κ3) is 4.70. The van der Waals surface area contributed by atoms with E-state index < -0.39 is 46.7 Å². The van der Waals surface area contributed by atoms with Crippen molar-refractivity contribution in [3.63, 3.8) is 0 Å². The largest absolute Gasteiger partial charge is 0.434 e. The number of carbonyl (C=O) groups is 2. The number of halogens is 6. The SMILES string of the molecule is O=C1NC[C@@H](C(=O)N[C@@H](c2ccc(F)c(Cl)c2)c2ccc(Cl)c(C(F)(F)F)n2)N1. The van der Waals surface area contributed by atoms with Gasteiger partial charge >= 0.3 is 12.2 Å². The second-order valence-electron chi connectivity index (χ2n) is 6.09. The standard InChI is InChI=1S/C17H12Cl2F4N4O2/c18-8-2-4-11(25-14(8)17(21,22)23)13(7-1-3-10(20)9(19)5-7)27-15(28)12-6-24-16(29)26-12/h1-5,12-13H,6H2,(H,27,28)(H2,24,26,29)/t12-,13-/m0/s1. The van der Waals surface area contributed by atoms with Crippen LogP contribution < -0.4 is 16.0 Å². The second-order valence-corrected chi connectivity index (χ2v) is 6.90. The molecule has 2 heterocycles. The molecule has 1 aromatic heterocycles. The molecule has 0 unspecified atom stereocenters. The molecule has 1 aromatic carbocycles. The molecule has 12 heteroatoms. The zero-order valence-corrected chi connectivity index (χ0v) is 15.8. The van der Waals surface area contributed by atoms with Crippen molar-refractivity contribution < 1.29 is 27.2 Å². The molecule has 1 aliphatic rings. The fourth-order valence-corrected chi connectivity index (χ4v) is 3.09. The van der Waals surface area contributed by atoms with E-state index in [1.165, 1.54) is 12.1 Å². The highest BCUT2D eigenvalue weighted by atomic mass is 35.5. The Morgan fingerprint density at radius 2 is 1.93 bits per heavy atom. The lowest BCUT2D eigenvalue weighted by Crippen LogP contribution is -2.44. The minimum atomic E-state index is -4.83. The van der Waals surface area contributed by atoms with Crippen LogP contribution in [-0.4, -0.2) is 29.5 Å². The quantitative estimate of drug-likeness (QED) is 0.624. The Morgan fingerprint density at radius 3 is 2.52 bits per heavy atom. The maximum absolute atomic E-state index is 13.5. The van der Waals surface area contributed by atoms with Gasteiger partial charge in [-0.2, -0.15) is 13.2 Å². The van der Waals surface area contributed by atoms with Gasteiger partial charge in [0, 0.05) is 6.54 Å². The van der Waals surface area contributed by atoms with Crippen molar-refractivity contribution in [1.29, 1.82) is 0 Å². The highest BCUT2D eigenvalue weighted by Crippen LogP contribution is 2.35. The summed E-state index contributed by atoms with van der Waals surface area (Å²) in [7, 11) is 0. The highest BCUT2D eigenvalue weighted by Gasteiger charge is 2.37. The van der Waals surface area contributed by atoms with Crippen LogP contribution in [0.25, 0.3) is 0 Å².